The number of aromatic nitrogens is 1. The minimum atomic E-state index is -0.250. The zero-order valence-electron chi connectivity index (χ0n) is 14.0. The van der Waals surface area contributed by atoms with Crippen molar-refractivity contribution >= 4 is 23.3 Å². The van der Waals surface area contributed by atoms with Crippen LogP contribution >= 0.6 is 0 Å². The molecular formula is C19H21N3O2. The van der Waals surface area contributed by atoms with E-state index in [9.17, 15) is 4.79 Å². The first-order chi connectivity index (χ1) is 11.6. The molecule has 4 rings (SSSR count). The van der Waals surface area contributed by atoms with Crippen LogP contribution in [0.5, 0.6) is 0 Å². The molecule has 1 N–H and O–H groups in total. The Labute approximate surface area is 141 Å². The number of nitrogens with one attached hydrogen (secondary N) is 1. The van der Waals surface area contributed by atoms with Gasteiger partial charge in [0.25, 0.3) is 0 Å². The van der Waals surface area contributed by atoms with Crippen molar-refractivity contribution in [2.24, 2.45) is 5.92 Å². The molecule has 1 amide bonds. The van der Waals surface area contributed by atoms with Crippen LogP contribution in [0.25, 0.3) is 0 Å². The molecule has 2 aliphatic rings. The fourth-order valence-electron chi connectivity index (χ4n) is 3.43. The number of anilines is 3. The molecule has 1 aromatic heterocycles. The van der Waals surface area contributed by atoms with E-state index in [-0.39, 0.29) is 12.1 Å². The van der Waals surface area contributed by atoms with Crippen molar-refractivity contribution in [1.29, 1.82) is 0 Å². The van der Waals surface area contributed by atoms with E-state index in [4.69, 9.17) is 4.74 Å². The number of amides is 1. The first kappa shape index (κ1) is 15.0. The van der Waals surface area contributed by atoms with Crippen LogP contribution in [-0.2, 0) is 17.6 Å². The smallest absolute Gasteiger partial charge is 0.414 e. The molecule has 0 bridgehead atoms. The number of aryl methyl sites for hydroxylation is 2. The van der Waals surface area contributed by atoms with E-state index in [1.54, 1.807) is 11.1 Å². The number of benzene rings is 1. The molecule has 24 heavy (non-hydrogen) atoms. The first-order valence-corrected chi connectivity index (χ1v) is 8.43. The fourth-order valence-corrected chi connectivity index (χ4v) is 3.43. The molecule has 0 aliphatic carbocycles. The number of hydrogen-bond acceptors (Lipinski definition) is 4. The summed E-state index contributed by atoms with van der Waals surface area (Å²) >= 11 is 0. The Hall–Kier alpha value is -2.56. The summed E-state index contributed by atoms with van der Waals surface area (Å²) in [6.45, 7) is 4.70. The van der Waals surface area contributed by atoms with Crippen LogP contribution < -0.4 is 10.2 Å². The van der Waals surface area contributed by atoms with Crippen LogP contribution in [0.1, 0.15) is 25.0 Å². The van der Waals surface area contributed by atoms with Gasteiger partial charge in [-0.3, -0.25) is 4.90 Å². The van der Waals surface area contributed by atoms with Gasteiger partial charge in [-0.15, -0.1) is 0 Å². The predicted molar refractivity (Wildman–Crippen MR) is 93.8 cm³/mol. The average molecular weight is 323 g/mol. The summed E-state index contributed by atoms with van der Waals surface area (Å²) in [5.74, 6) is 1.27. The normalized spacial score (nSPS) is 19.4. The highest BCUT2D eigenvalue weighted by Gasteiger charge is 2.36. The number of hydrogen-bond donors (Lipinski definition) is 1. The topological polar surface area (TPSA) is 54.5 Å². The second-order valence-corrected chi connectivity index (χ2v) is 6.74. The number of ether oxygens (including phenoxy) is 1. The Morgan fingerprint density at radius 3 is 2.92 bits per heavy atom. The molecule has 0 radical (unpaired) electrons. The van der Waals surface area contributed by atoms with Crippen molar-refractivity contribution in [2.75, 3.05) is 16.8 Å². The van der Waals surface area contributed by atoms with E-state index in [0.717, 1.165) is 30.0 Å². The van der Waals surface area contributed by atoms with E-state index < -0.39 is 0 Å². The van der Waals surface area contributed by atoms with Crippen molar-refractivity contribution in [3.05, 3.63) is 47.7 Å². The molecule has 1 atom stereocenters. The van der Waals surface area contributed by atoms with Gasteiger partial charge in [-0.25, -0.2) is 9.78 Å². The van der Waals surface area contributed by atoms with Gasteiger partial charge in [-0.05, 0) is 54.2 Å². The van der Waals surface area contributed by atoms with Crippen molar-refractivity contribution in [3.63, 3.8) is 0 Å². The maximum atomic E-state index is 12.2. The Morgan fingerprint density at radius 1 is 1.25 bits per heavy atom. The Balaban J connectivity index is 1.68. The molecule has 5 heteroatoms. The van der Waals surface area contributed by atoms with Crippen LogP contribution in [0, 0.1) is 5.92 Å². The maximum absolute atomic E-state index is 12.2. The molecule has 1 saturated heterocycles. The van der Waals surface area contributed by atoms with Gasteiger partial charge in [0, 0.05) is 17.6 Å². The van der Waals surface area contributed by atoms with Crippen LogP contribution in [0.4, 0.5) is 22.0 Å². The number of carbonyl (C=O) groups is 1. The minimum absolute atomic E-state index is 0.0909. The Bertz CT molecular complexity index is 788. The van der Waals surface area contributed by atoms with E-state index in [0.29, 0.717) is 12.5 Å². The number of rotatable bonds is 2. The van der Waals surface area contributed by atoms with E-state index >= 15 is 0 Å². The number of pyridine rings is 1. The van der Waals surface area contributed by atoms with Crippen molar-refractivity contribution in [2.45, 2.75) is 32.7 Å². The molecule has 0 unspecified atom stereocenters. The van der Waals surface area contributed by atoms with Crippen LogP contribution in [-0.4, -0.2) is 23.7 Å². The first-order valence-electron chi connectivity index (χ1n) is 8.43. The molecule has 2 aromatic rings. The van der Waals surface area contributed by atoms with Gasteiger partial charge in [0.15, 0.2) is 0 Å². The second-order valence-electron chi connectivity index (χ2n) is 6.74. The summed E-state index contributed by atoms with van der Waals surface area (Å²) in [6.07, 6.45) is 3.41. The number of carbonyl (C=O) groups excluding carboxylic acids is 1. The fraction of sp³-hybridized carbons (Fsp3) is 0.368. The molecule has 0 saturated carbocycles. The summed E-state index contributed by atoms with van der Waals surface area (Å²) in [4.78, 5) is 18.4. The average Bonchev–Trinajstić information content (AvgIpc) is 2.86. The molecule has 1 fully saturated rings. The molecule has 1 aromatic carbocycles. The quantitative estimate of drug-likeness (QED) is 0.910. The lowest BCUT2D eigenvalue weighted by Crippen LogP contribution is -2.37. The van der Waals surface area contributed by atoms with Crippen molar-refractivity contribution < 1.29 is 9.53 Å². The third-order valence-corrected chi connectivity index (χ3v) is 4.85. The highest BCUT2D eigenvalue weighted by Crippen LogP contribution is 2.34. The maximum Gasteiger partial charge on any atom is 0.414 e. The van der Waals surface area contributed by atoms with Gasteiger partial charge >= 0.3 is 6.09 Å². The third-order valence-electron chi connectivity index (χ3n) is 4.85. The molecule has 0 spiro atoms. The molecule has 124 valence electrons. The zero-order chi connectivity index (χ0) is 16.7. The molecule has 3 heterocycles. The standard InChI is InChI=1S/C19H21N3O2/c1-12(2)17-11-24-19(23)22(17)15-7-8-16-14(10-15)6-5-13-4-3-9-20-18(13)21-16/h3-4,7-10,12,17H,5-6,11H2,1-2H3,(H,20,21)/t17-/m0/s1. The van der Waals surface area contributed by atoms with E-state index in [1.165, 1.54) is 11.1 Å². The highest BCUT2D eigenvalue weighted by molar-refractivity contribution is 5.91. The number of cyclic esters (lactones) is 1. The molecule has 5 nitrogen and oxygen atoms in total. The predicted octanol–water partition coefficient (Wildman–Crippen LogP) is 3.91. The highest BCUT2D eigenvalue weighted by atomic mass is 16.6. The zero-order valence-corrected chi connectivity index (χ0v) is 14.0. The third kappa shape index (κ3) is 2.50. The SMILES string of the molecule is CC(C)[C@@H]1COC(=O)N1c1ccc2c(c1)CCc1cccnc1N2. The van der Waals surface area contributed by atoms with Gasteiger partial charge in [-0.2, -0.15) is 0 Å². The van der Waals surface area contributed by atoms with Gasteiger partial charge in [-0.1, -0.05) is 19.9 Å². The summed E-state index contributed by atoms with van der Waals surface area (Å²) < 4.78 is 5.27. The van der Waals surface area contributed by atoms with Crippen LogP contribution in [0.3, 0.4) is 0 Å². The number of fused-ring (bicyclic) bond motifs is 2. The van der Waals surface area contributed by atoms with Crippen molar-refractivity contribution in [3.8, 4) is 0 Å². The molecule has 2 aliphatic heterocycles. The van der Waals surface area contributed by atoms with Crippen LogP contribution in [0.15, 0.2) is 36.5 Å². The number of nitrogens with zero attached hydrogens (tertiary/aromatic N) is 2. The van der Waals surface area contributed by atoms with Gasteiger partial charge in [0.1, 0.15) is 12.4 Å². The lowest BCUT2D eigenvalue weighted by molar-refractivity contribution is 0.177. The van der Waals surface area contributed by atoms with Gasteiger partial charge < -0.3 is 10.1 Å². The van der Waals surface area contributed by atoms with Crippen molar-refractivity contribution in [1.82, 2.24) is 4.98 Å². The molecular weight excluding hydrogens is 302 g/mol. The Morgan fingerprint density at radius 2 is 2.08 bits per heavy atom. The summed E-state index contributed by atoms with van der Waals surface area (Å²) in [5.41, 5.74) is 4.39. The Kier molecular flexibility index (Phi) is 3.63. The minimum Gasteiger partial charge on any atom is -0.447 e. The van der Waals surface area contributed by atoms with E-state index in [1.807, 2.05) is 18.2 Å². The monoisotopic (exact) mass is 323 g/mol. The largest absolute Gasteiger partial charge is 0.447 e. The van der Waals surface area contributed by atoms with Gasteiger partial charge in [0.05, 0.1) is 6.04 Å². The van der Waals surface area contributed by atoms with Crippen LogP contribution in [0.2, 0.25) is 0 Å². The van der Waals surface area contributed by atoms with Gasteiger partial charge in [0.2, 0.25) is 0 Å². The lowest BCUT2D eigenvalue weighted by Gasteiger charge is -2.25. The summed E-state index contributed by atoms with van der Waals surface area (Å²) in [5, 5.41) is 3.42. The van der Waals surface area contributed by atoms with E-state index in [2.05, 4.69) is 36.3 Å². The summed E-state index contributed by atoms with van der Waals surface area (Å²) in [6, 6.07) is 10.3. The summed E-state index contributed by atoms with van der Waals surface area (Å²) in [7, 11) is 0. The lowest BCUT2D eigenvalue weighted by atomic mass is 10.0. The second kappa shape index (κ2) is 5.82.